The summed E-state index contributed by atoms with van der Waals surface area (Å²) in [7, 11) is 0. The van der Waals surface area contributed by atoms with E-state index >= 15 is 0 Å². The maximum atomic E-state index is 10.8. The Kier molecular flexibility index (Phi) is 4.33. The Balaban J connectivity index is 2.75. The smallest absolute Gasteiger partial charge is 0.308 e. The summed E-state index contributed by atoms with van der Waals surface area (Å²) in [6, 6.07) is 0. The molecule has 1 aliphatic carbocycles. The lowest BCUT2D eigenvalue weighted by Gasteiger charge is -2.36. The van der Waals surface area contributed by atoms with Crippen LogP contribution >= 0.6 is 0 Å². The van der Waals surface area contributed by atoms with Gasteiger partial charge in [0.1, 0.15) is 5.76 Å². The minimum absolute atomic E-state index is 0.256. The van der Waals surface area contributed by atoms with Crippen molar-refractivity contribution in [1.82, 2.24) is 0 Å². The third-order valence-electron chi connectivity index (χ3n) is 3.34. The van der Waals surface area contributed by atoms with Crippen LogP contribution in [0.15, 0.2) is 36.1 Å². The molecule has 0 radical (unpaired) electrons. The monoisotopic (exact) mass is 234 g/mol. The highest BCUT2D eigenvalue weighted by molar-refractivity contribution is 5.67. The van der Waals surface area contributed by atoms with Gasteiger partial charge in [0.05, 0.1) is 0 Å². The van der Waals surface area contributed by atoms with E-state index in [1.807, 2.05) is 0 Å². The molecule has 0 aromatic carbocycles. The molecule has 0 bridgehead atoms. The SMILES string of the molecule is C=C(C=C[C@@H]1C(C)=CCCC1(C)C)OC(C)=O. The molecule has 0 saturated heterocycles. The zero-order valence-corrected chi connectivity index (χ0v) is 11.2. The van der Waals surface area contributed by atoms with E-state index in [-0.39, 0.29) is 11.4 Å². The summed E-state index contributed by atoms with van der Waals surface area (Å²) in [5.74, 6) is 0.477. The van der Waals surface area contributed by atoms with E-state index in [1.54, 1.807) is 6.08 Å². The first-order chi connectivity index (χ1) is 7.83. The normalized spacial score (nSPS) is 23.3. The Hall–Kier alpha value is -1.31. The van der Waals surface area contributed by atoms with Crippen LogP contribution in [-0.4, -0.2) is 5.97 Å². The van der Waals surface area contributed by atoms with Gasteiger partial charge in [-0.05, 0) is 31.3 Å². The average molecular weight is 234 g/mol. The van der Waals surface area contributed by atoms with Crippen molar-refractivity contribution < 1.29 is 9.53 Å². The average Bonchev–Trinajstić information content (AvgIpc) is 2.14. The summed E-state index contributed by atoms with van der Waals surface area (Å²) in [4.78, 5) is 10.8. The molecular formula is C15H22O2. The van der Waals surface area contributed by atoms with Gasteiger partial charge in [0.2, 0.25) is 0 Å². The molecule has 0 aromatic rings. The maximum absolute atomic E-state index is 10.8. The predicted octanol–water partition coefficient (Wildman–Crippen LogP) is 4.00. The fraction of sp³-hybridized carbons (Fsp3) is 0.533. The Morgan fingerprint density at radius 2 is 2.24 bits per heavy atom. The second kappa shape index (κ2) is 5.35. The molecule has 2 heteroatoms. The van der Waals surface area contributed by atoms with Gasteiger partial charge in [0.25, 0.3) is 0 Å². The molecule has 1 rings (SSSR count). The number of carbonyl (C=O) groups excluding carboxylic acids is 1. The van der Waals surface area contributed by atoms with E-state index in [1.165, 1.54) is 18.9 Å². The van der Waals surface area contributed by atoms with Crippen LogP contribution < -0.4 is 0 Å². The second-order valence-electron chi connectivity index (χ2n) is 5.37. The number of esters is 1. The minimum Gasteiger partial charge on any atom is -0.427 e. The van der Waals surface area contributed by atoms with Crippen LogP contribution in [0.4, 0.5) is 0 Å². The lowest BCUT2D eigenvalue weighted by atomic mass is 9.68. The van der Waals surface area contributed by atoms with Gasteiger partial charge < -0.3 is 4.74 Å². The number of carbonyl (C=O) groups is 1. The molecule has 1 atom stereocenters. The minimum atomic E-state index is -0.324. The van der Waals surface area contributed by atoms with Crippen molar-refractivity contribution in [2.24, 2.45) is 11.3 Å². The van der Waals surface area contributed by atoms with Crippen LogP contribution in [0.5, 0.6) is 0 Å². The molecule has 0 heterocycles. The van der Waals surface area contributed by atoms with E-state index in [0.717, 1.165) is 6.42 Å². The first-order valence-corrected chi connectivity index (χ1v) is 6.05. The van der Waals surface area contributed by atoms with E-state index in [4.69, 9.17) is 4.74 Å². The van der Waals surface area contributed by atoms with Gasteiger partial charge in [-0.1, -0.05) is 38.2 Å². The van der Waals surface area contributed by atoms with E-state index in [2.05, 4.69) is 39.5 Å². The standard InChI is InChI=1S/C15H22O2/c1-11-7-6-10-15(4,5)14(11)9-8-12(2)17-13(3)16/h7-9,14H,2,6,10H2,1,3-5H3/t14-/m1/s1. The predicted molar refractivity (Wildman–Crippen MR) is 70.3 cm³/mol. The zero-order valence-electron chi connectivity index (χ0n) is 11.2. The molecular weight excluding hydrogens is 212 g/mol. The van der Waals surface area contributed by atoms with Gasteiger partial charge in [0.15, 0.2) is 0 Å². The highest BCUT2D eigenvalue weighted by Gasteiger charge is 2.30. The summed E-state index contributed by atoms with van der Waals surface area (Å²) in [5.41, 5.74) is 1.64. The Morgan fingerprint density at radius 3 is 2.76 bits per heavy atom. The van der Waals surface area contributed by atoms with Crippen LogP contribution in [-0.2, 0) is 9.53 Å². The van der Waals surface area contributed by atoms with Crippen molar-refractivity contribution in [2.45, 2.75) is 40.5 Å². The summed E-state index contributed by atoms with van der Waals surface area (Å²) in [6.07, 6.45) is 8.51. The Morgan fingerprint density at radius 1 is 1.59 bits per heavy atom. The number of hydrogen-bond donors (Lipinski definition) is 0. The van der Waals surface area contributed by atoms with Crippen molar-refractivity contribution in [1.29, 1.82) is 0 Å². The van der Waals surface area contributed by atoms with Crippen molar-refractivity contribution in [3.63, 3.8) is 0 Å². The Bertz CT molecular complexity index is 372. The van der Waals surface area contributed by atoms with Gasteiger partial charge in [-0.25, -0.2) is 0 Å². The maximum Gasteiger partial charge on any atom is 0.308 e. The van der Waals surface area contributed by atoms with Gasteiger partial charge >= 0.3 is 5.97 Å². The van der Waals surface area contributed by atoms with E-state index in [0.29, 0.717) is 11.7 Å². The van der Waals surface area contributed by atoms with Gasteiger partial charge in [-0.3, -0.25) is 4.79 Å². The number of hydrogen-bond acceptors (Lipinski definition) is 2. The first kappa shape index (κ1) is 13.8. The summed E-state index contributed by atoms with van der Waals surface area (Å²) < 4.78 is 4.91. The molecule has 2 nitrogen and oxygen atoms in total. The molecule has 0 aromatic heterocycles. The molecule has 0 amide bonds. The molecule has 0 aliphatic heterocycles. The molecule has 17 heavy (non-hydrogen) atoms. The fourth-order valence-electron chi connectivity index (χ4n) is 2.41. The molecule has 1 aliphatic rings. The van der Waals surface area contributed by atoms with Crippen LogP contribution in [0.3, 0.4) is 0 Å². The lowest BCUT2D eigenvalue weighted by Crippen LogP contribution is -2.26. The molecule has 0 saturated carbocycles. The molecule has 0 fully saturated rings. The van der Waals surface area contributed by atoms with E-state index in [9.17, 15) is 4.79 Å². The van der Waals surface area contributed by atoms with Crippen molar-refractivity contribution >= 4 is 5.97 Å². The van der Waals surface area contributed by atoms with Crippen LogP contribution in [0.25, 0.3) is 0 Å². The van der Waals surface area contributed by atoms with Gasteiger partial charge in [0, 0.05) is 12.8 Å². The third-order valence-corrected chi connectivity index (χ3v) is 3.34. The van der Waals surface area contributed by atoms with Crippen LogP contribution in [0.2, 0.25) is 0 Å². The highest BCUT2D eigenvalue weighted by atomic mass is 16.5. The topological polar surface area (TPSA) is 26.3 Å². The summed E-state index contributed by atoms with van der Waals surface area (Å²) in [6.45, 7) is 11.8. The zero-order chi connectivity index (χ0) is 13.1. The quantitative estimate of drug-likeness (QED) is 0.319. The summed E-state index contributed by atoms with van der Waals surface area (Å²) >= 11 is 0. The van der Waals surface area contributed by atoms with Crippen molar-refractivity contribution in [3.05, 3.63) is 36.1 Å². The number of allylic oxidation sites excluding steroid dienone is 4. The fourth-order valence-corrected chi connectivity index (χ4v) is 2.41. The van der Waals surface area contributed by atoms with Gasteiger partial charge in [-0.2, -0.15) is 0 Å². The lowest BCUT2D eigenvalue weighted by molar-refractivity contribution is -0.136. The number of rotatable bonds is 3. The van der Waals surface area contributed by atoms with Gasteiger partial charge in [-0.15, -0.1) is 0 Å². The van der Waals surface area contributed by atoms with Crippen molar-refractivity contribution in [2.75, 3.05) is 0 Å². The van der Waals surface area contributed by atoms with Crippen LogP contribution in [0.1, 0.15) is 40.5 Å². The van der Waals surface area contributed by atoms with Crippen LogP contribution in [0, 0.1) is 11.3 Å². The largest absolute Gasteiger partial charge is 0.427 e. The molecule has 94 valence electrons. The Labute approximate surface area is 104 Å². The molecule has 0 unspecified atom stereocenters. The second-order valence-corrected chi connectivity index (χ2v) is 5.37. The highest BCUT2D eigenvalue weighted by Crippen LogP contribution is 2.41. The molecule has 0 spiro atoms. The van der Waals surface area contributed by atoms with E-state index < -0.39 is 0 Å². The molecule has 0 N–H and O–H groups in total. The summed E-state index contributed by atoms with van der Waals surface area (Å²) in [5, 5.41) is 0. The first-order valence-electron chi connectivity index (χ1n) is 6.05. The van der Waals surface area contributed by atoms with Crippen molar-refractivity contribution in [3.8, 4) is 0 Å². The third kappa shape index (κ3) is 3.88. The number of ether oxygens (including phenoxy) is 1.